The van der Waals surface area contributed by atoms with E-state index < -0.39 is 0 Å². The zero-order valence-electron chi connectivity index (χ0n) is 10.1. The molecule has 1 fully saturated rings. The molecule has 0 aromatic carbocycles. The fourth-order valence-electron chi connectivity index (χ4n) is 1.76. The quantitative estimate of drug-likeness (QED) is 0.843. The standard InChI is InChI=1S/C11H19N3O2S/c1-2-12-11-14-13-10(17-11)8-16-7-9-3-5-15-6-4-9/h9H,2-8H2,1H3,(H,12,14). The molecule has 6 heteroatoms. The predicted molar refractivity (Wildman–Crippen MR) is 67.3 cm³/mol. The summed E-state index contributed by atoms with van der Waals surface area (Å²) in [4.78, 5) is 0. The Morgan fingerprint density at radius 3 is 3.00 bits per heavy atom. The van der Waals surface area contributed by atoms with E-state index in [-0.39, 0.29) is 0 Å². The molecule has 0 bridgehead atoms. The Balaban J connectivity index is 1.66. The number of nitrogens with one attached hydrogen (secondary N) is 1. The number of aromatic nitrogens is 2. The zero-order valence-corrected chi connectivity index (χ0v) is 11.0. The summed E-state index contributed by atoms with van der Waals surface area (Å²) in [5, 5.41) is 13.1. The maximum Gasteiger partial charge on any atom is 0.205 e. The molecule has 0 spiro atoms. The van der Waals surface area contributed by atoms with Gasteiger partial charge in [-0.2, -0.15) is 0 Å². The molecule has 1 saturated heterocycles. The molecular weight excluding hydrogens is 238 g/mol. The third-order valence-electron chi connectivity index (χ3n) is 2.71. The molecule has 2 heterocycles. The van der Waals surface area contributed by atoms with Gasteiger partial charge in [0.15, 0.2) is 0 Å². The van der Waals surface area contributed by atoms with Crippen LogP contribution in [0.3, 0.4) is 0 Å². The highest BCUT2D eigenvalue weighted by Gasteiger charge is 2.14. The lowest BCUT2D eigenvalue weighted by molar-refractivity contribution is 0.0156. The van der Waals surface area contributed by atoms with Gasteiger partial charge in [-0.15, -0.1) is 10.2 Å². The smallest absolute Gasteiger partial charge is 0.205 e. The molecule has 1 aliphatic heterocycles. The van der Waals surface area contributed by atoms with E-state index in [9.17, 15) is 0 Å². The van der Waals surface area contributed by atoms with Crippen molar-refractivity contribution in [1.82, 2.24) is 10.2 Å². The van der Waals surface area contributed by atoms with Crippen molar-refractivity contribution in [3.63, 3.8) is 0 Å². The van der Waals surface area contributed by atoms with E-state index in [0.29, 0.717) is 12.5 Å². The molecule has 0 saturated carbocycles. The Kier molecular flexibility index (Phi) is 5.15. The maximum absolute atomic E-state index is 5.68. The number of rotatable bonds is 6. The lowest BCUT2D eigenvalue weighted by Crippen LogP contribution is -2.20. The van der Waals surface area contributed by atoms with E-state index in [1.54, 1.807) is 11.3 Å². The van der Waals surface area contributed by atoms with E-state index in [1.807, 2.05) is 6.92 Å². The number of nitrogens with zero attached hydrogens (tertiary/aromatic N) is 2. The maximum atomic E-state index is 5.68. The number of ether oxygens (including phenoxy) is 2. The third-order valence-corrected chi connectivity index (χ3v) is 3.57. The van der Waals surface area contributed by atoms with Gasteiger partial charge in [0.25, 0.3) is 0 Å². The summed E-state index contributed by atoms with van der Waals surface area (Å²) < 4.78 is 11.0. The first kappa shape index (κ1) is 12.7. The van der Waals surface area contributed by atoms with Gasteiger partial charge in [0.1, 0.15) is 11.6 Å². The average molecular weight is 257 g/mol. The molecule has 0 atom stereocenters. The molecule has 1 aromatic rings. The van der Waals surface area contributed by atoms with Crippen LogP contribution < -0.4 is 5.32 Å². The average Bonchev–Trinajstić information content (AvgIpc) is 2.79. The summed E-state index contributed by atoms with van der Waals surface area (Å²) in [7, 11) is 0. The first-order chi connectivity index (χ1) is 8.38. The molecule has 0 unspecified atom stereocenters. The van der Waals surface area contributed by atoms with E-state index in [1.165, 1.54) is 0 Å². The first-order valence-electron chi connectivity index (χ1n) is 6.10. The van der Waals surface area contributed by atoms with Gasteiger partial charge in [0.2, 0.25) is 5.13 Å². The Hall–Kier alpha value is -0.720. The van der Waals surface area contributed by atoms with Crippen molar-refractivity contribution in [2.24, 2.45) is 5.92 Å². The SMILES string of the molecule is CCNc1nnc(COCC2CCOCC2)s1. The predicted octanol–water partition coefficient (Wildman–Crippen LogP) is 1.91. The fourth-order valence-corrected chi connectivity index (χ4v) is 2.51. The first-order valence-corrected chi connectivity index (χ1v) is 6.92. The van der Waals surface area contributed by atoms with Crippen LogP contribution in [0.1, 0.15) is 24.8 Å². The van der Waals surface area contributed by atoms with Crippen LogP contribution in [0.4, 0.5) is 5.13 Å². The van der Waals surface area contributed by atoms with Gasteiger partial charge in [-0.25, -0.2) is 0 Å². The lowest BCUT2D eigenvalue weighted by Gasteiger charge is -2.21. The highest BCUT2D eigenvalue weighted by atomic mass is 32.1. The minimum atomic E-state index is 0.570. The van der Waals surface area contributed by atoms with E-state index >= 15 is 0 Å². The second-order valence-corrected chi connectivity index (χ2v) is 5.16. The van der Waals surface area contributed by atoms with Crippen molar-refractivity contribution >= 4 is 16.5 Å². The second kappa shape index (κ2) is 6.88. The summed E-state index contributed by atoms with van der Waals surface area (Å²) in [6, 6.07) is 0. The van der Waals surface area contributed by atoms with E-state index in [2.05, 4.69) is 15.5 Å². The van der Waals surface area contributed by atoms with Crippen molar-refractivity contribution in [1.29, 1.82) is 0 Å². The largest absolute Gasteiger partial charge is 0.381 e. The molecule has 96 valence electrons. The van der Waals surface area contributed by atoms with Crippen LogP contribution in [0.5, 0.6) is 0 Å². The molecule has 1 aliphatic rings. The molecule has 0 radical (unpaired) electrons. The summed E-state index contributed by atoms with van der Waals surface area (Å²) in [5.74, 6) is 0.643. The summed E-state index contributed by atoms with van der Waals surface area (Å²) in [5.41, 5.74) is 0. The van der Waals surface area contributed by atoms with Gasteiger partial charge in [0.05, 0.1) is 6.61 Å². The molecule has 5 nitrogen and oxygen atoms in total. The Labute approximate surface area is 106 Å². The highest BCUT2D eigenvalue weighted by Crippen LogP contribution is 2.18. The molecular formula is C11H19N3O2S. The zero-order chi connectivity index (χ0) is 11.9. The number of anilines is 1. The Morgan fingerprint density at radius 2 is 2.24 bits per heavy atom. The summed E-state index contributed by atoms with van der Waals surface area (Å²) in [6.07, 6.45) is 2.22. The Bertz CT molecular complexity index is 326. The van der Waals surface area contributed by atoms with Crippen molar-refractivity contribution in [2.45, 2.75) is 26.4 Å². The van der Waals surface area contributed by atoms with Gasteiger partial charge in [0, 0.05) is 19.8 Å². The van der Waals surface area contributed by atoms with Crippen molar-refractivity contribution < 1.29 is 9.47 Å². The van der Waals surface area contributed by atoms with Crippen LogP contribution in [0.15, 0.2) is 0 Å². The topological polar surface area (TPSA) is 56.3 Å². The van der Waals surface area contributed by atoms with Gasteiger partial charge in [-0.1, -0.05) is 11.3 Å². The third kappa shape index (κ3) is 4.22. The normalized spacial score (nSPS) is 17.2. The fraction of sp³-hybridized carbons (Fsp3) is 0.818. The van der Waals surface area contributed by atoms with Crippen molar-refractivity contribution in [2.75, 3.05) is 31.7 Å². The molecule has 0 aliphatic carbocycles. The van der Waals surface area contributed by atoms with Crippen LogP contribution in [-0.4, -0.2) is 36.6 Å². The highest BCUT2D eigenvalue weighted by molar-refractivity contribution is 7.15. The molecule has 0 amide bonds. The van der Waals surface area contributed by atoms with Crippen LogP contribution >= 0.6 is 11.3 Å². The van der Waals surface area contributed by atoms with Gasteiger partial charge in [-0.05, 0) is 25.7 Å². The molecule has 1 aromatic heterocycles. The van der Waals surface area contributed by atoms with Gasteiger partial charge < -0.3 is 14.8 Å². The molecule has 2 rings (SSSR count). The van der Waals surface area contributed by atoms with Gasteiger partial charge in [-0.3, -0.25) is 0 Å². The molecule has 1 N–H and O–H groups in total. The van der Waals surface area contributed by atoms with Gasteiger partial charge >= 0.3 is 0 Å². The minimum Gasteiger partial charge on any atom is -0.381 e. The second-order valence-electron chi connectivity index (χ2n) is 4.10. The van der Waals surface area contributed by atoms with E-state index in [4.69, 9.17) is 9.47 Å². The summed E-state index contributed by atoms with van der Waals surface area (Å²) >= 11 is 1.56. The number of hydrogen-bond donors (Lipinski definition) is 1. The number of hydrogen-bond acceptors (Lipinski definition) is 6. The monoisotopic (exact) mass is 257 g/mol. The van der Waals surface area contributed by atoms with E-state index in [0.717, 1.165) is 49.3 Å². The lowest BCUT2D eigenvalue weighted by atomic mass is 10.0. The van der Waals surface area contributed by atoms with Crippen molar-refractivity contribution in [3.05, 3.63) is 5.01 Å². The van der Waals surface area contributed by atoms with Crippen LogP contribution in [0.2, 0.25) is 0 Å². The van der Waals surface area contributed by atoms with Crippen molar-refractivity contribution in [3.8, 4) is 0 Å². The Morgan fingerprint density at radius 1 is 1.41 bits per heavy atom. The minimum absolute atomic E-state index is 0.570. The van der Waals surface area contributed by atoms with Crippen LogP contribution in [0.25, 0.3) is 0 Å². The molecule has 17 heavy (non-hydrogen) atoms. The van der Waals surface area contributed by atoms with Crippen LogP contribution in [0, 0.1) is 5.92 Å². The summed E-state index contributed by atoms with van der Waals surface area (Å²) in [6.45, 7) is 6.04. The van der Waals surface area contributed by atoms with Crippen LogP contribution in [-0.2, 0) is 16.1 Å².